The fourth-order valence-corrected chi connectivity index (χ4v) is 2.96. The maximum absolute atomic E-state index is 3.69. The van der Waals surface area contributed by atoms with E-state index >= 15 is 0 Å². The first kappa shape index (κ1) is 11.7. The van der Waals surface area contributed by atoms with Gasteiger partial charge in [0.2, 0.25) is 0 Å². The number of thioether (sulfide) groups is 1. The molecule has 0 fully saturated rings. The molecule has 2 rings (SSSR count). The maximum Gasteiger partial charge on any atom is 0.0132 e. The second-order valence-corrected chi connectivity index (χ2v) is 5.29. The summed E-state index contributed by atoms with van der Waals surface area (Å²) in [6.45, 7) is 5.64. The molecule has 0 aromatic heterocycles. The molecule has 0 atom stereocenters. The summed E-state index contributed by atoms with van der Waals surface area (Å²) in [5.41, 5.74) is 3.14. The van der Waals surface area contributed by atoms with Gasteiger partial charge in [0, 0.05) is 23.7 Å². The first-order valence-corrected chi connectivity index (χ1v) is 6.95. The third-order valence-electron chi connectivity index (χ3n) is 2.91. The van der Waals surface area contributed by atoms with E-state index < -0.39 is 0 Å². The monoisotopic (exact) mass is 233 g/mol. The number of hydrogen-bond donors (Lipinski definition) is 1. The first-order chi connectivity index (χ1) is 7.90. The van der Waals surface area contributed by atoms with Gasteiger partial charge in [0.25, 0.3) is 0 Å². The second kappa shape index (κ2) is 6.12. The molecule has 1 N–H and O–H groups in total. The minimum Gasteiger partial charge on any atom is -0.312 e. The highest BCUT2D eigenvalue weighted by Crippen LogP contribution is 2.27. The van der Waals surface area contributed by atoms with Crippen molar-refractivity contribution in [3.8, 4) is 0 Å². The van der Waals surface area contributed by atoms with Crippen LogP contribution >= 0.6 is 11.8 Å². The fourth-order valence-electron chi connectivity index (χ4n) is 2.08. The van der Waals surface area contributed by atoms with Crippen LogP contribution in [-0.2, 0) is 12.8 Å². The predicted molar refractivity (Wildman–Crippen MR) is 72.3 cm³/mol. The van der Waals surface area contributed by atoms with E-state index in [9.17, 15) is 0 Å². The molecule has 1 aliphatic carbocycles. The minimum absolute atomic E-state index is 0.907. The topological polar surface area (TPSA) is 12.0 Å². The fraction of sp³-hybridized carbons (Fsp3) is 0.429. The molecule has 2 heteroatoms. The van der Waals surface area contributed by atoms with Crippen molar-refractivity contribution in [1.29, 1.82) is 0 Å². The van der Waals surface area contributed by atoms with Crippen LogP contribution in [0.15, 0.2) is 35.7 Å². The van der Waals surface area contributed by atoms with E-state index in [1.54, 1.807) is 11.1 Å². The second-order valence-electron chi connectivity index (χ2n) is 4.13. The molecule has 0 unspecified atom stereocenters. The largest absolute Gasteiger partial charge is 0.312 e. The Morgan fingerprint density at radius 2 is 2.19 bits per heavy atom. The summed E-state index contributed by atoms with van der Waals surface area (Å²) in [5.74, 6) is 1.13. The summed E-state index contributed by atoms with van der Waals surface area (Å²) in [4.78, 5) is 1.42. The number of aryl methyl sites for hydroxylation is 2. The van der Waals surface area contributed by atoms with Gasteiger partial charge < -0.3 is 5.32 Å². The highest BCUT2D eigenvalue weighted by Gasteiger charge is 2.10. The van der Waals surface area contributed by atoms with Crippen LogP contribution in [-0.4, -0.2) is 18.8 Å². The molecule has 1 aromatic rings. The van der Waals surface area contributed by atoms with Crippen molar-refractivity contribution in [3.63, 3.8) is 0 Å². The summed E-state index contributed by atoms with van der Waals surface area (Å²) in [7, 11) is 0. The van der Waals surface area contributed by atoms with Crippen LogP contribution in [0, 0.1) is 0 Å². The lowest BCUT2D eigenvalue weighted by Crippen LogP contribution is -2.16. The van der Waals surface area contributed by atoms with Gasteiger partial charge in [-0.25, -0.2) is 0 Å². The molecule has 1 nitrogen and oxygen atoms in total. The van der Waals surface area contributed by atoms with Crippen LogP contribution in [0.4, 0.5) is 0 Å². The number of rotatable bonds is 6. The Morgan fingerprint density at radius 3 is 3.06 bits per heavy atom. The van der Waals surface area contributed by atoms with Gasteiger partial charge in [-0.1, -0.05) is 12.1 Å². The van der Waals surface area contributed by atoms with Crippen LogP contribution in [0.2, 0.25) is 0 Å². The van der Waals surface area contributed by atoms with E-state index in [2.05, 4.69) is 30.1 Å². The average molecular weight is 233 g/mol. The smallest absolute Gasteiger partial charge is 0.0132 e. The van der Waals surface area contributed by atoms with Gasteiger partial charge in [0.15, 0.2) is 0 Å². The first-order valence-electron chi connectivity index (χ1n) is 5.96. The third kappa shape index (κ3) is 3.13. The van der Waals surface area contributed by atoms with Gasteiger partial charge in [-0.05, 0) is 42.5 Å². The Hall–Kier alpha value is -0.730. The van der Waals surface area contributed by atoms with Crippen LogP contribution < -0.4 is 5.32 Å². The molecular formula is C14H19NS. The number of benzene rings is 1. The molecule has 0 radical (unpaired) electrons. The van der Waals surface area contributed by atoms with Gasteiger partial charge in [-0.3, -0.25) is 0 Å². The van der Waals surface area contributed by atoms with E-state index in [0.29, 0.717) is 0 Å². The van der Waals surface area contributed by atoms with Crippen molar-refractivity contribution in [2.24, 2.45) is 0 Å². The standard InChI is InChI=1S/C14H19NS/c1-2-8-15-9-10-16-14-7-6-12-4-3-5-13(12)11-14/h2,6-7,11,15H,1,3-5,8-10H2. The van der Waals surface area contributed by atoms with Gasteiger partial charge in [-0.2, -0.15) is 0 Å². The highest BCUT2D eigenvalue weighted by atomic mass is 32.2. The lowest BCUT2D eigenvalue weighted by molar-refractivity contribution is 0.807. The summed E-state index contributed by atoms with van der Waals surface area (Å²) in [6, 6.07) is 6.95. The quantitative estimate of drug-likeness (QED) is 0.460. The lowest BCUT2D eigenvalue weighted by Gasteiger charge is -2.05. The predicted octanol–water partition coefficient (Wildman–Crippen LogP) is 3.04. The van der Waals surface area contributed by atoms with Crippen molar-refractivity contribution in [1.82, 2.24) is 5.32 Å². The Balaban J connectivity index is 1.79. The third-order valence-corrected chi connectivity index (χ3v) is 3.90. The van der Waals surface area contributed by atoms with Gasteiger partial charge in [-0.15, -0.1) is 18.3 Å². The molecule has 0 aliphatic heterocycles. The van der Waals surface area contributed by atoms with E-state index in [0.717, 1.165) is 18.8 Å². The zero-order valence-corrected chi connectivity index (χ0v) is 10.5. The van der Waals surface area contributed by atoms with Crippen molar-refractivity contribution < 1.29 is 0 Å². The Kier molecular flexibility index (Phi) is 4.49. The number of nitrogens with one attached hydrogen (secondary N) is 1. The number of fused-ring (bicyclic) bond motifs is 1. The summed E-state index contributed by atoms with van der Waals surface area (Å²) < 4.78 is 0. The maximum atomic E-state index is 3.69. The summed E-state index contributed by atoms with van der Waals surface area (Å²) in [6.07, 6.45) is 5.80. The van der Waals surface area contributed by atoms with Crippen molar-refractivity contribution in [2.75, 3.05) is 18.8 Å². The van der Waals surface area contributed by atoms with E-state index in [-0.39, 0.29) is 0 Å². The van der Waals surface area contributed by atoms with Crippen molar-refractivity contribution in [3.05, 3.63) is 42.0 Å². The molecule has 86 valence electrons. The Bertz CT molecular complexity index is 360. The van der Waals surface area contributed by atoms with Crippen LogP contribution in [0.3, 0.4) is 0 Å². The van der Waals surface area contributed by atoms with Gasteiger partial charge >= 0.3 is 0 Å². The van der Waals surface area contributed by atoms with E-state index in [4.69, 9.17) is 0 Å². The van der Waals surface area contributed by atoms with E-state index in [1.165, 1.54) is 24.2 Å². The SMILES string of the molecule is C=CCNCCSc1ccc2c(c1)CCC2. The normalized spacial score (nSPS) is 13.8. The average Bonchev–Trinajstić information content (AvgIpc) is 2.76. The van der Waals surface area contributed by atoms with Crippen LogP contribution in [0.25, 0.3) is 0 Å². The van der Waals surface area contributed by atoms with Crippen LogP contribution in [0.1, 0.15) is 17.5 Å². The molecule has 0 bridgehead atoms. The molecule has 0 saturated carbocycles. The Labute approximate surface area is 102 Å². The zero-order chi connectivity index (χ0) is 11.2. The molecule has 1 aromatic carbocycles. The van der Waals surface area contributed by atoms with Crippen molar-refractivity contribution in [2.45, 2.75) is 24.2 Å². The van der Waals surface area contributed by atoms with E-state index in [1.807, 2.05) is 17.8 Å². The molecule has 0 saturated heterocycles. The molecule has 1 aliphatic rings. The zero-order valence-electron chi connectivity index (χ0n) is 9.67. The van der Waals surface area contributed by atoms with Crippen molar-refractivity contribution >= 4 is 11.8 Å². The molecule has 0 spiro atoms. The Morgan fingerprint density at radius 1 is 1.31 bits per heavy atom. The molecule has 16 heavy (non-hydrogen) atoms. The summed E-state index contributed by atoms with van der Waals surface area (Å²) in [5, 5.41) is 3.32. The molecule has 0 amide bonds. The molecule has 0 heterocycles. The van der Waals surface area contributed by atoms with Gasteiger partial charge in [0.1, 0.15) is 0 Å². The minimum atomic E-state index is 0.907. The highest BCUT2D eigenvalue weighted by molar-refractivity contribution is 7.99. The van der Waals surface area contributed by atoms with Gasteiger partial charge in [0.05, 0.1) is 0 Å². The molecular weight excluding hydrogens is 214 g/mol. The number of hydrogen-bond acceptors (Lipinski definition) is 2. The lowest BCUT2D eigenvalue weighted by atomic mass is 10.1. The summed E-state index contributed by atoms with van der Waals surface area (Å²) >= 11 is 1.94. The van der Waals surface area contributed by atoms with Crippen LogP contribution in [0.5, 0.6) is 0 Å².